The highest BCUT2D eigenvalue weighted by atomic mass is 19.1. The van der Waals surface area contributed by atoms with Crippen molar-refractivity contribution in [1.29, 1.82) is 0 Å². The van der Waals surface area contributed by atoms with Crippen LogP contribution in [0.3, 0.4) is 0 Å². The number of carboxylic acid groups (broad SMARTS) is 1. The second-order valence-corrected chi connectivity index (χ2v) is 3.58. The summed E-state index contributed by atoms with van der Waals surface area (Å²) < 4.78 is 13.3. The Hall–Kier alpha value is -2.71. The van der Waals surface area contributed by atoms with Gasteiger partial charge in [0.15, 0.2) is 0 Å². The van der Waals surface area contributed by atoms with Crippen molar-refractivity contribution in [2.45, 2.75) is 13.0 Å². The fourth-order valence-corrected chi connectivity index (χ4v) is 1.14. The predicted octanol–water partition coefficient (Wildman–Crippen LogP) is 1.33. The van der Waals surface area contributed by atoms with Crippen LogP contribution < -0.4 is 10.6 Å². The number of hydrogen-bond acceptors (Lipinski definition) is 4. The van der Waals surface area contributed by atoms with E-state index >= 15 is 0 Å². The molecule has 1 rings (SSSR count). The maximum absolute atomic E-state index is 13.3. The summed E-state index contributed by atoms with van der Waals surface area (Å²) in [5.41, 5.74) is -0.813. The third-order valence-electron chi connectivity index (χ3n) is 2.13. The Morgan fingerprint density at radius 1 is 1.47 bits per heavy atom. The Balaban J connectivity index is 2.81. The fraction of sp³-hybridized carbons (Fsp3) is 0.200. The molecule has 8 nitrogen and oxygen atoms in total. The molecule has 2 amide bonds. The Kier molecular flexibility index (Phi) is 4.35. The van der Waals surface area contributed by atoms with E-state index in [1.165, 1.54) is 6.92 Å². The Bertz CT molecular complexity index is 534. The summed E-state index contributed by atoms with van der Waals surface area (Å²) in [7, 11) is 0. The number of anilines is 1. The highest BCUT2D eigenvalue weighted by molar-refractivity contribution is 5.92. The molecule has 0 saturated heterocycles. The van der Waals surface area contributed by atoms with Gasteiger partial charge in [-0.05, 0) is 13.0 Å². The molecule has 102 valence electrons. The first-order valence-electron chi connectivity index (χ1n) is 5.05. The van der Waals surface area contributed by atoms with Crippen molar-refractivity contribution in [2.75, 3.05) is 5.32 Å². The number of carbonyl (C=O) groups excluding carboxylic acids is 1. The quantitative estimate of drug-likeness (QED) is 0.563. The van der Waals surface area contributed by atoms with Gasteiger partial charge < -0.3 is 15.7 Å². The van der Waals surface area contributed by atoms with Crippen LogP contribution in [0, 0.1) is 15.9 Å². The molecule has 0 saturated carbocycles. The molecular weight excluding hydrogens is 261 g/mol. The average Bonchev–Trinajstić information content (AvgIpc) is 2.31. The number of nitro benzene ring substituents is 1. The van der Waals surface area contributed by atoms with E-state index in [0.29, 0.717) is 0 Å². The van der Waals surface area contributed by atoms with E-state index in [0.717, 1.165) is 18.2 Å². The average molecular weight is 271 g/mol. The molecule has 0 heterocycles. The van der Waals surface area contributed by atoms with Crippen molar-refractivity contribution < 1.29 is 24.0 Å². The first-order chi connectivity index (χ1) is 8.81. The molecule has 1 aromatic carbocycles. The van der Waals surface area contributed by atoms with Gasteiger partial charge >= 0.3 is 12.0 Å². The Morgan fingerprint density at radius 2 is 2.11 bits per heavy atom. The smallest absolute Gasteiger partial charge is 0.325 e. The van der Waals surface area contributed by atoms with Crippen LogP contribution >= 0.6 is 0 Å². The minimum atomic E-state index is -1.27. The second kappa shape index (κ2) is 5.76. The van der Waals surface area contributed by atoms with Crippen LogP contribution in [0.25, 0.3) is 0 Å². The van der Waals surface area contributed by atoms with Crippen LogP contribution in [0.4, 0.5) is 20.6 Å². The van der Waals surface area contributed by atoms with Gasteiger partial charge in [0, 0.05) is 12.1 Å². The number of rotatable bonds is 4. The largest absolute Gasteiger partial charge is 0.480 e. The summed E-state index contributed by atoms with van der Waals surface area (Å²) in [5.74, 6) is -2.14. The highest BCUT2D eigenvalue weighted by Gasteiger charge is 2.16. The van der Waals surface area contributed by atoms with Gasteiger partial charge in [-0.1, -0.05) is 0 Å². The number of halogens is 1. The van der Waals surface area contributed by atoms with Gasteiger partial charge in [0.1, 0.15) is 11.9 Å². The van der Waals surface area contributed by atoms with Gasteiger partial charge in [0.05, 0.1) is 10.6 Å². The monoisotopic (exact) mass is 271 g/mol. The summed E-state index contributed by atoms with van der Waals surface area (Å²) >= 11 is 0. The van der Waals surface area contributed by atoms with E-state index in [1.807, 2.05) is 10.6 Å². The van der Waals surface area contributed by atoms with Gasteiger partial charge in [0.2, 0.25) is 0 Å². The van der Waals surface area contributed by atoms with E-state index in [9.17, 15) is 24.1 Å². The fourth-order valence-electron chi connectivity index (χ4n) is 1.14. The number of amides is 2. The number of carboxylic acids is 1. The third-order valence-corrected chi connectivity index (χ3v) is 2.13. The highest BCUT2D eigenvalue weighted by Crippen LogP contribution is 2.20. The second-order valence-electron chi connectivity index (χ2n) is 3.58. The molecule has 1 aromatic rings. The molecule has 9 heteroatoms. The van der Waals surface area contributed by atoms with E-state index in [4.69, 9.17) is 5.11 Å². The number of nitro groups is 1. The van der Waals surface area contributed by atoms with E-state index < -0.39 is 40.2 Å². The maximum Gasteiger partial charge on any atom is 0.325 e. The molecule has 0 unspecified atom stereocenters. The molecule has 19 heavy (non-hydrogen) atoms. The topological polar surface area (TPSA) is 122 Å². The molecule has 0 spiro atoms. The molecule has 0 aliphatic heterocycles. The molecular formula is C10H10FN3O5. The van der Waals surface area contributed by atoms with Gasteiger partial charge in [-0.25, -0.2) is 9.18 Å². The van der Waals surface area contributed by atoms with E-state index in [2.05, 4.69) is 0 Å². The van der Waals surface area contributed by atoms with Gasteiger partial charge in [-0.2, -0.15) is 0 Å². The summed E-state index contributed by atoms with van der Waals surface area (Å²) in [6, 6.07) is 0.448. The summed E-state index contributed by atoms with van der Waals surface area (Å²) in [4.78, 5) is 31.6. The predicted molar refractivity (Wildman–Crippen MR) is 62.3 cm³/mol. The molecule has 1 atom stereocenters. The first-order valence-corrected chi connectivity index (χ1v) is 5.05. The van der Waals surface area contributed by atoms with Crippen molar-refractivity contribution >= 4 is 23.4 Å². The van der Waals surface area contributed by atoms with E-state index in [-0.39, 0.29) is 0 Å². The maximum atomic E-state index is 13.3. The van der Waals surface area contributed by atoms with Crippen molar-refractivity contribution in [3.8, 4) is 0 Å². The van der Waals surface area contributed by atoms with Crippen LogP contribution in [-0.4, -0.2) is 28.1 Å². The zero-order valence-corrected chi connectivity index (χ0v) is 9.71. The van der Waals surface area contributed by atoms with E-state index in [1.54, 1.807) is 0 Å². The lowest BCUT2D eigenvalue weighted by atomic mass is 10.2. The summed E-state index contributed by atoms with van der Waals surface area (Å²) in [6.45, 7) is 1.21. The Labute approximate surface area is 106 Å². The summed E-state index contributed by atoms with van der Waals surface area (Å²) in [5, 5.41) is 23.1. The van der Waals surface area contributed by atoms with Crippen LogP contribution in [0.2, 0.25) is 0 Å². The number of aliphatic carboxylic acids is 1. The number of carbonyl (C=O) groups is 2. The number of non-ortho nitro benzene ring substituents is 1. The number of hydrogen-bond donors (Lipinski definition) is 3. The van der Waals surface area contributed by atoms with Crippen molar-refractivity contribution in [3.63, 3.8) is 0 Å². The zero-order chi connectivity index (χ0) is 14.6. The van der Waals surface area contributed by atoms with Crippen molar-refractivity contribution in [2.24, 2.45) is 0 Å². The van der Waals surface area contributed by atoms with Crippen LogP contribution in [0.15, 0.2) is 18.2 Å². The van der Waals surface area contributed by atoms with Crippen LogP contribution in [-0.2, 0) is 4.79 Å². The number of urea groups is 1. The zero-order valence-electron chi connectivity index (χ0n) is 9.71. The van der Waals surface area contributed by atoms with Crippen molar-refractivity contribution in [1.82, 2.24) is 5.32 Å². The molecule has 0 bridgehead atoms. The minimum Gasteiger partial charge on any atom is -0.480 e. The first kappa shape index (κ1) is 14.4. The standard InChI is InChI=1S/C10H10FN3O5/c1-5(9(15)16)12-10(17)13-8-4-6(14(18)19)2-3-7(8)11/h2-5H,1H3,(H,15,16)(H2,12,13,17)/t5-/m1/s1. The Morgan fingerprint density at radius 3 is 2.63 bits per heavy atom. The SMILES string of the molecule is C[C@@H](NC(=O)Nc1cc([N+](=O)[O-])ccc1F)C(=O)O. The lowest BCUT2D eigenvalue weighted by Gasteiger charge is -2.11. The lowest BCUT2D eigenvalue weighted by Crippen LogP contribution is -2.41. The number of benzene rings is 1. The number of nitrogens with zero attached hydrogens (tertiary/aromatic N) is 1. The normalized spacial score (nSPS) is 11.5. The number of nitrogens with one attached hydrogen (secondary N) is 2. The molecule has 0 fully saturated rings. The minimum absolute atomic E-state index is 0.400. The molecule has 0 aliphatic rings. The third kappa shape index (κ3) is 3.91. The van der Waals surface area contributed by atoms with Crippen LogP contribution in [0.1, 0.15) is 6.92 Å². The lowest BCUT2D eigenvalue weighted by molar-refractivity contribution is -0.384. The molecule has 0 aromatic heterocycles. The van der Waals surface area contributed by atoms with Gasteiger partial charge in [0.25, 0.3) is 5.69 Å². The molecule has 0 radical (unpaired) electrons. The summed E-state index contributed by atoms with van der Waals surface area (Å²) in [6.07, 6.45) is 0. The molecule has 3 N–H and O–H groups in total. The van der Waals surface area contributed by atoms with Crippen LogP contribution in [0.5, 0.6) is 0 Å². The van der Waals surface area contributed by atoms with Gasteiger partial charge in [-0.3, -0.25) is 14.9 Å². The molecule has 0 aliphatic carbocycles. The van der Waals surface area contributed by atoms with Crippen molar-refractivity contribution in [3.05, 3.63) is 34.1 Å². The van der Waals surface area contributed by atoms with Gasteiger partial charge in [-0.15, -0.1) is 0 Å².